The van der Waals surface area contributed by atoms with Crippen molar-refractivity contribution in [3.8, 4) is 23.0 Å². The van der Waals surface area contributed by atoms with E-state index in [1.54, 1.807) is 12.1 Å². The van der Waals surface area contributed by atoms with Gasteiger partial charge in [-0.1, -0.05) is 23.3 Å². The number of allylic oxidation sites excluding steroid dienone is 4. The molecule has 0 saturated heterocycles. The van der Waals surface area contributed by atoms with E-state index < -0.39 is 6.10 Å². The van der Waals surface area contributed by atoms with Crippen molar-refractivity contribution in [2.45, 2.75) is 53.1 Å². The predicted molar refractivity (Wildman–Crippen MR) is 116 cm³/mol. The zero-order valence-corrected chi connectivity index (χ0v) is 17.8. The Morgan fingerprint density at radius 2 is 1.70 bits per heavy atom. The second-order valence-electron chi connectivity index (χ2n) is 8.19. The molecular weight excluding hydrogens is 380 g/mol. The van der Waals surface area contributed by atoms with Gasteiger partial charge in [0.05, 0.1) is 12.0 Å². The third-order valence-corrected chi connectivity index (χ3v) is 5.16. The lowest BCUT2D eigenvalue weighted by atomic mass is 9.90. The summed E-state index contributed by atoms with van der Waals surface area (Å²) in [7, 11) is 0. The molecule has 2 aromatic carbocycles. The molecule has 0 radical (unpaired) electrons. The molecule has 3 N–H and O–H groups in total. The molecular formula is C25H28O5. The summed E-state index contributed by atoms with van der Waals surface area (Å²) in [5.74, 6) is 0.188. The molecule has 0 saturated carbocycles. The quantitative estimate of drug-likeness (QED) is 0.567. The summed E-state index contributed by atoms with van der Waals surface area (Å²) in [6.45, 7) is 7.92. The fourth-order valence-corrected chi connectivity index (χ4v) is 3.52. The Morgan fingerprint density at radius 1 is 1.03 bits per heavy atom. The summed E-state index contributed by atoms with van der Waals surface area (Å²) < 4.78 is 6.17. The molecule has 158 valence electrons. The fraction of sp³-hybridized carbons (Fsp3) is 0.320. The summed E-state index contributed by atoms with van der Waals surface area (Å²) in [4.78, 5) is 13.0. The highest BCUT2D eigenvalue weighted by atomic mass is 16.5. The highest BCUT2D eigenvalue weighted by molar-refractivity contribution is 6.01. The topological polar surface area (TPSA) is 87.0 Å². The Balaban J connectivity index is 2.11. The van der Waals surface area contributed by atoms with E-state index in [1.807, 2.05) is 39.8 Å². The van der Waals surface area contributed by atoms with Crippen LogP contribution in [0.5, 0.6) is 23.0 Å². The number of phenols is 3. The Morgan fingerprint density at radius 3 is 2.33 bits per heavy atom. The van der Waals surface area contributed by atoms with Gasteiger partial charge in [0.2, 0.25) is 0 Å². The number of ether oxygens (including phenoxy) is 1. The molecule has 0 aliphatic carbocycles. The lowest BCUT2D eigenvalue weighted by Gasteiger charge is -2.29. The van der Waals surface area contributed by atoms with E-state index in [9.17, 15) is 20.1 Å². The van der Waals surface area contributed by atoms with E-state index in [0.29, 0.717) is 40.8 Å². The number of Topliss-reactive ketones (excluding diaryl/α,β-unsaturated/α-hetero) is 1. The lowest BCUT2D eigenvalue weighted by Crippen LogP contribution is -2.22. The van der Waals surface area contributed by atoms with Crippen LogP contribution in [0.25, 0.3) is 0 Å². The van der Waals surface area contributed by atoms with Crippen molar-refractivity contribution in [3.63, 3.8) is 0 Å². The van der Waals surface area contributed by atoms with E-state index in [1.165, 1.54) is 12.1 Å². The highest BCUT2D eigenvalue weighted by Gasteiger charge is 2.33. The van der Waals surface area contributed by atoms with Crippen LogP contribution < -0.4 is 4.74 Å². The van der Waals surface area contributed by atoms with Gasteiger partial charge in [-0.3, -0.25) is 4.79 Å². The minimum atomic E-state index is -0.695. The van der Waals surface area contributed by atoms with Crippen molar-refractivity contribution < 1.29 is 24.9 Å². The number of hydrogen-bond acceptors (Lipinski definition) is 5. The van der Waals surface area contributed by atoms with Gasteiger partial charge in [-0.25, -0.2) is 0 Å². The molecule has 1 heterocycles. The highest BCUT2D eigenvalue weighted by Crippen LogP contribution is 2.44. The van der Waals surface area contributed by atoms with Crippen molar-refractivity contribution in [1.82, 2.24) is 0 Å². The van der Waals surface area contributed by atoms with Gasteiger partial charge in [0, 0.05) is 17.2 Å². The molecule has 1 aliphatic rings. The summed E-state index contributed by atoms with van der Waals surface area (Å²) in [6, 6.07) is 5.93. The van der Waals surface area contributed by atoms with Crippen LogP contribution in [0.15, 0.2) is 47.6 Å². The van der Waals surface area contributed by atoms with E-state index in [-0.39, 0.29) is 29.5 Å². The first-order chi connectivity index (χ1) is 14.2. The second-order valence-corrected chi connectivity index (χ2v) is 8.19. The number of carbonyl (C=O) groups is 1. The number of aromatic hydroxyl groups is 3. The maximum absolute atomic E-state index is 13.0. The third-order valence-electron chi connectivity index (χ3n) is 5.16. The molecule has 1 aliphatic heterocycles. The van der Waals surface area contributed by atoms with Gasteiger partial charge in [-0.2, -0.15) is 0 Å². The fourth-order valence-electron chi connectivity index (χ4n) is 3.52. The maximum Gasteiger partial charge on any atom is 0.170 e. The van der Waals surface area contributed by atoms with Crippen LogP contribution in [-0.2, 0) is 12.8 Å². The average molecular weight is 408 g/mol. The van der Waals surface area contributed by atoms with E-state index in [2.05, 4.69) is 0 Å². The number of carbonyl (C=O) groups excluding carboxylic acids is 1. The maximum atomic E-state index is 13.0. The summed E-state index contributed by atoms with van der Waals surface area (Å²) in [6.07, 6.45) is 4.33. The normalized spacial score (nSPS) is 15.2. The van der Waals surface area contributed by atoms with Gasteiger partial charge in [0.1, 0.15) is 29.1 Å². The first kappa shape index (κ1) is 21.5. The number of fused-ring (bicyclic) bond motifs is 1. The van der Waals surface area contributed by atoms with Crippen molar-refractivity contribution in [3.05, 3.63) is 69.8 Å². The SMILES string of the molecule is CC(C)=CCc1cc2c(c(CC=C(C)C)c1O)O[C@H](c1ccc(O)cc1O)CC2=O. The van der Waals surface area contributed by atoms with Gasteiger partial charge in [0.25, 0.3) is 0 Å². The Labute approximate surface area is 177 Å². The lowest BCUT2D eigenvalue weighted by molar-refractivity contribution is 0.0844. The van der Waals surface area contributed by atoms with E-state index >= 15 is 0 Å². The smallest absolute Gasteiger partial charge is 0.170 e. The third kappa shape index (κ3) is 4.51. The van der Waals surface area contributed by atoms with Crippen LogP contribution in [0.2, 0.25) is 0 Å². The molecule has 0 unspecified atom stereocenters. The van der Waals surface area contributed by atoms with Crippen LogP contribution in [0.1, 0.15) is 67.3 Å². The molecule has 2 aromatic rings. The van der Waals surface area contributed by atoms with Crippen LogP contribution in [0.3, 0.4) is 0 Å². The minimum Gasteiger partial charge on any atom is -0.508 e. The number of phenolic OH excluding ortho intramolecular Hbond substituents is 3. The van der Waals surface area contributed by atoms with Gasteiger partial charge in [0.15, 0.2) is 5.78 Å². The standard InChI is InChI=1S/C25H28O5/c1-14(2)5-7-16-11-20-22(28)13-23(18-10-8-17(26)12-21(18)27)30-25(20)19(24(16)29)9-6-15(3)4/h5-6,8,10-12,23,26-27,29H,7,9,13H2,1-4H3/t23-/m0/s1. The van der Waals surface area contributed by atoms with Gasteiger partial charge >= 0.3 is 0 Å². The van der Waals surface area contributed by atoms with Crippen molar-refractivity contribution in [2.75, 3.05) is 0 Å². The van der Waals surface area contributed by atoms with Crippen LogP contribution in [-0.4, -0.2) is 21.1 Å². The van der Waals surface area contributed by atoms with E-state index in [4.69, 9.17) is 4.74 Å². The number of ketones is 1. The van der Waals surface area contributed by atoms with Crippen molar-refractivity contribution in [1.29, 1.82) is 0 Å². The number of hydrogen-bond donors (Lipinski definition) is 3. The molecule has 0 fully saturated rings. The molecule has 0 amide bonds. The Kier molecular flexibility index (Phi) is 6.20. The van der Waals surface area contributed by atoms with Gasteiger partial charge < -0.3 is 20.1 Å². The largest absolute Gasteiger partial charge is 0.508 e. The second kappa shape index (κ2) is 8.66. The molecule has 0 bridgehead atoms. The predicted octanol–water partition coefficient (Wildman–Crippen LogP) is 5.53. The number of rotatable bonds is 5. The first-order valence-electron chi connectivity index (χ1n) is 10.0. The molecule has 5 nitrogen and oxygen atoms in total. The van der Waals surface area contributed by atoms with E-state index in [0.717, 1.165) is 11.1 Å². The zero-order chi connectivity index (χ0) is 22.0. The molecule has 0 spiro atoms. The molecule has 0 aromatic heterocycles. The van der Waals surface area contributed by atoms with Gasteiger partial charge in [-0.15, -0.1) is 0 Å². The summed E-state index contributed by atoms with van der Waals surface area (Å²) in [5.41, 5.74) is 4.36. The minimum absolute atomic E-state index is 0.0652. The molecule has 3 rings (SSSR count). The van der Waals surface area contributed by atoms with Crippen molar-refractivity contribution in [2.24, 2.45) is 0 Å². The molecule has 30 heavy (non-hydrogen) atoms. The first-order valence-corrected chi connectivity index (χ1v) is 10.0. The summed E-state index contributed by atoms with van der Waals surface area (Å²) >= 11 is 0. The van der Waals surface area contributed by atoms with Crippen LogP contribution >= 0.6 is 0 Å². The Bertz CT molecular complexity index is 1040. The van der Waals surface area contributed by atoms with Crippen LogP contribution in [0, 0.1) is 0 Å². The van der Waals surface area contributed by atoms with Crippen LogP contribution in [0.4, 0.5) is 0 Å². The molecule has 1 atom stereocenters. The zero-order valence-electron chi connectivity index (χ0n) is 17.8. The van der Waals surface area contributed by atoms with Gasteiger partial charge in [-0.05, 0) is 64.3 Å². The number of benzene rings is 2. The molecule has 5 heteroatoms. The monoisotopic (exact) mass is 408 g/mol. The van der Waals surface area contributed by atoms with Crippen molar-refractivity contribution >= 4 is 5.78 Å². The summed E-state index contributed by atoms with van der Waals surface area (Å²) in [5, 5.41) is 30.8. The Hall–Kier alpha value is -3.21. The average Bonchev–Trinajstić information content (AvgIpc) is 2.65.